The third kappa shape index (κ3) is 4.65. The van der Waals surface area contributed by atoms with E-state index in [1.165, 1.54) is 11.3 Å². The van der Waals surface area contributed by atoms with Crippen LogP contribution in [0.2, 0.25) is 0 Å². The van der Waals surface area contributed by atoms with E-state index in [0.29, 0.717) is 5.92 Å². The van der Waals surface area contributed by atoms with Crippen LogP contribution in [0.15, 0.2) is 42.9 Å². The summed E-state index contributed by atoms with van der Waals surface area (Å²) in [5.74, 6) is 1.42. The maximum absolute atomic E-state index is 4.74. The number of aryl methyl sites for hydroxylation is 3. The van der Waals surface area contributed by atoms with E-state index in [0.717, 1.165) is 61.8 Å². The van der Waals surface area contributed by atoms with Gasteiger partial charge in [0, 0.05) is 42.7 Å². The maximum Gasteiger partial charge on any atom is 0.133 e. The highest BCUT2D eigenvalue weighted by molar-refractivity contribution is 5.57. The Morgan fingerprint density at radius 2 is 1.93 bits per heavy atom. The Bertz CT molecular complexity index is 938. The smallest absolute Gasteiger partial charge is 0.133 e. The molecular formula is C23H30N6. The molecule has 6 heteroatoms. The zero-order chi connectivity index (χ0) is 20.2. The van der Waals surface area contributed by atoms with Gasteiger partial charge in [-0.2, -0.15) is 5.10 Å². The molecule has 6 nitrogen and oxygen atoms in total. The molecule has 3 aromatic heterocycles. The van der Waals surface area contributed by atoms with Crippen LogP contribution in [-0.4, -0.2) is 37.7 Å². The monoisotopic (exact) mass is 390 g/mol. The highest BCUT2D eigenvalue weighted by Gasteiger charge is 2.22. The quantitative estimate of drug-likeness (QED) is 0.675. The summed E-state index contributed by atoms with van der Waals surface area (Å²) in [5, 5.41) is 7.93. The molecule has 0 aromatic carbocycles. The van der Waals surface area contributed by atoms with E-state index in [1.807, 2.05) is 16.9 Å². The zero-order valence-corrected chi connectivity index (χ0v) is 17.6. The van der Waals surface area contributed by atoms with Gasteiger partial charge in [-0.1, -0.05) is 6.07 Å². The average Bonchev–Trinajstić information content (AvgIpc) is 3.10. The molecule has 4 heterocycles. The third-order valence-corrected chi connectivity index (χ3v) is 5.83. The molecule has 1 aliphatic heterocycles. The predicted molar refractivity (Wildman–Crippen MR) is 116 cm³/mol. The van der Waals surface area contributed by atoms with Crippen molar-refractivity contribution < 1.29 is 0 Å². The van der Waals surface area contributed by atoms with Crippen LogP contribution in [0.3, 0.4) is 0 Å². The first-order valence-corrected chi connectivity index (χ1v) is 10.5. The summed E-state index contributed by atoms with van der Waals surface area (Å²) < 4.78 is 2.03. The summed E-state index contributed by atoms with van der Waals surface area (Å²) in [6, 6.07) is 8.28. The second-order valence-electron chi connectivity index (χ2n) is 7.91. The fraction of sp³-hybridized carbons (Fsp3) is 0.435. The highest BCUT2D eigenvalue weighted by Crippen LogP contribution is 2.28. The van der Waals surface area contributed by atoms with Crippen molar-refractivity contribution in [2.45, 2.75) is 52.6 Å². The Balaban J connectivity index is 1.32. The van der Waals surface area contributed by atoms with E-state index in [2.05, 4.69) is 65.5 Å². The molecule has 3 aromatic rings. The Labute approximate surface area is 173 Å². The molecule has 29 heavy (non-hydrogen) atoms. The Morgan fingerprint density at radius 3 is 2.59 bits per heavy atom. The molecule has 0 atom stereocenters. The molecule has 0 radical (unpaired) electrons. The van der Waals surface area contributed by atoms with Gasteiger partial charge in [0.15, 0.2) is 0 Å². The summed E-state index contributed by atoms with van der Waals surface area (Å²) in [6.07, 6.45) is 8.23. The van der Waals surface area contributed by atoms with Crippen molar-refractivity contribution in [3.05, 3.63) is 65.4 Å². The fourth-order valence-corrected chi connectivity index (χ4v) is 3.98. The minimum absolute atomic E-state index is 0.538. The van der Waals surface area contributed by atoms with Gasteiger partial charge in [0.2, 0.25) is 0 Å². The Morgan fingerprint density at radius 1 is 1.10 bits per heavy atom. The van der Waals surface area contributed by atoms with E-state index in [-0.39, 0.29) is 0 Å². The lowest BCUT2D eigenvalue weighted by Gasteiger charge is -2.31. The van der Waals surface area contributed by atoms with Crippen LogP contribution in [0.4, 0.5) is 11.5 Å². The van der Waals surface area contributed by atoms with E-state index >= 15 is 0 Å². The number of rotatable bonds is 6. The molecule has 0 unspecified atom stereocenters. The number of aromatic nitrogens is 4. The molecule has 4 rings (SSSR count). The van der Waals surface area contributed by atoms with Gasteiger partial charge in [-0.3, -0.25) is 14.6 Å². The molecule has 152 valence electrons. The Hall–Kier alpha value is -2.73. The van der Waals surface area contributed by atoms with Crippen LogP contribution >= 0.6 is 0 Å². The van der Waals surface area contributed by atoms with Gasteiger partial charge in [-0.15, -0.1) is 0 Å². The largest absolute Gasteiger partial charge is 0.339 e. The zero-order valence-electron chi connectivity index (χ0n) is 17.6. The number of piperidine rings is 1. The predicted octanol–water partition coefficient (Wildman–Crippen LogP) is 4.43. The molecule has 1 fully saturated rings. The number of anilines is 2. The number of hydrogen-bond donors (Lipinski definition) is 1. The maximum atomic E-state index is 4.74. The van der Waals surface area contributed by atoms with Crippen LogP contribution in [0.25, 0.3) is 0 Å². The van der Waals surface area contributed by atoms with E-state index in [4.69, 9.17) is 4.98 Å². The second-order valence-corrected chi connectivity index (χ2v) is 7.91. The lowest BCUT2D eigenvalue weighted by molar-refractivity contribution is 0.203. The molecule has 0 saturated carbocycles. The third-order valence-electron chi connectivity index (χ3n) is 5.83. The van der Waals surface area contributed by atoms with E-state index < -0.39 is 0 Å². The van der Waals surface area contributed by atoms with E-state index in [1.54, 1.807) is 6.20 Å². The van der Waals surface area contributed by atoms with Crippen molar-refractivity contribution in [2.75, 3.05) is 18.4 Å². The normalized spacial score (nSPS) is 15.6. The number of pyridine rings is 2. The first-order valence-electron chi connectivity index (χ1n) is 10.5. The second kappa shape index (κ2) is 8.74. The van der Waals surface area contributed by atoms with Gasteiger partial charge in [0.1, 0.15) is 5.82 Å². The first kappa shape index (κ1) is 19.6. The average molecular weight is 391 g/mol. The van der Waals surface area contributed by atoms with Crippen LogP contribution in [-0.2, 0) is 13.1 Å². The summed E-state index contributed by atoms with van der Waals surface area (Å²) in [7, 11) is 0. The molecule has 0 amide bonds. The molecule has 0 aliphatic carbocycles. The summed E-state index contributed by atoms with van der Waals surface area (Å²) in [5.41, 5.74) is 5.81. The van der Waals surface area contributed by atoms with Gasteiger partial charge in [0.25, 0.3) is 0 Å². The molecule has 0 spiro atoms. The van der Waals surface area contributed by atoms with Crippen molar-refractivity contribution in [3.63, 3.8) is 0 Å². The van der Waals surface area contributed by atoms with Crippen molar-refractivity contribution in [3.8, 4) is 0 Å². The van der Waals surface area contributed by atoms with Crippen molar-refractivity contribution in [1.29, 1.82) is 0 Å². The van der Waals surface area contributed by atoms with Crippen LogP contribution in [0.5, 0.6) is 0 Å². The van der Waals surface area contributed by atoms with Gasteiger partial charge in [-0.25, -0.2) is 4.98 Å². The minimum atomic E-state index is 0.538. The van der Waals surface area contributed by atoms with Crippen molar-refractivity contribution in [2.24, 2.45) is 0 Å². The summed E-state index contributed by atoms with van der Waals surface area (Å²) >= 11 is 0. The number of nitrogens with zero attached hydrogens (tertiary/aromatic N) is 5. The van der Waals surface area contributed by atoms with Gasteiger partial charge in [0.05, 0.1) is 17.6 Å². The number of nitrogens with one attached hydrogen (secondary N) is 1. The fourth-order valence-electron chi connectivity index (χ4n) is 3.98. The van der Waals surface area contributed by atoms with Crippen LogP contribution in [0.1, 0.15) is 48.2 Å². The standard InChI is InChI=1S/C23H30N6/c1-4-29-16-20(18(3)27-29)15-28-12-9-19(10-13-28)22-8-7-21(14-25-22)26-23-17(2)6-5-11-24-23/h5-8,11,14,16,19H,4,9-10,12-13,15H2,1-3H3,(H,24,26). The van der Waals surface area contributed by atoms with Crippen LogP contribution < -0.4 is 5.32 Å². The van der Waals surface area contributed by atoms with E-state index in [9.17, 15) is 0 Å². The lowest BCUT2D eigenvalue weighted by Crippen LogP contribution is -2.32. The van der Waals surface area contributed by atoms with Crippen molar-refractivity contribution >= 4 is 11.5 Å². The van der Waals surface area contributed by atoms with Gasteiger partial charge < -0.3 is 5.32 Å². The molecule has 1 N–H and O–H groups in total. The van der Waals surface area contributed by atoms with Crippen LogP contribution in [0, 0.1) is 13.8 Å². The summed E-state index contributed by atoms with van der Waals surface area (Å²) in [6.45, 7) is 10.4. The van der Waals surface area contributed by atoms with Crippen molar-refractivity contribution in [1.82, 2.24) is 24.6 Å². The topological polar surface area (TPSA) is 58.9 Å². The molecule has 0 bridgehead atoms. The van der Waals surface area contributed by atoms with Gasteiger partial charge in [-0.05, 0) is 70.5 Å². The molecule has 1 saturated heterocycles. The first-order chi connectivity index (χ1) is 14.1. The SMILES string of the molecule is CCn1cc(CN2CCC(c3ccc(Nc4ncccc4C)cn3)CC2)c(C)n1. The molecular weight excluding hydrogens is 360 g/mol. The number of hydrogen-bond acceptors (Lipinski definition) is 5. The number of likely N-dealkylation sites (tertiary alicyclic amines) is 1. The van der Waals surface area contributed by atoms with Gasteiger partial charge >= 0.3 is 0 Å². The Kier molecular flexibility index (Phi) is 5.90. The molecule has 1 aliphatic rings. The minimum Gasteiger partial charge on any atom is -0.339 e. The lowest BCUT2D eigenvalue weighted by atomic mass is 9.93. The summed E-state index contributed by atoms with van der Waals surface area (Å²) in [4.78, 5) is 11.7. The highest BCUT2D eigenvalue weighted by atomic mass is 15.3.